The SMILES string of the molecule is CCOC(=O)c1c(NC(=O)c2ccn(COc3ccc(C)cc3C)n2)sc(C(C)=O)c1C. The first kappa shape index (κ1) is 23.2. The molecule has 0 fully saturated rings. The number of aryl methyl sites for hydroxylation is 2. The zero-order chi connectivity index (χ0) is 23.4. The Morgan fingerprint density at radius 1 is 1.16 bits per heavy atom. The molecule has 0 atom stereocenters. The molecule has 0 saturated carbocycles. The van der Waals surface area contributed by atoms with Gasteiger partial charge in [0.2, 0.25) is 0 Å². The number of anilines is 1. The van der Waals surface area contributed by atoms with E-state index in [-0.39, 0.29) is 35.4 Å². The van der Waals surface area contributed by atoms with Crippen LogP contribution >= 0.6 is 11.3 Å². The fourth-order valence-electron chi connectivity index (χ4n) is 3.21. The number of rotatable bonds is 8. The highest BCUT2D eigenvalue weighted by Crippen LogP contribution is 2.34. The van der Waals surface area contributed by atoms with Crippen LogP contribution in [-0.2, 0) is 11.5 Å². The highest BCUT2D eigenvalue weighted by Gasteiger charge is 2.26. The number of hydrogen-bond donors (Lipinski definition) is 1. The van der Waals surface area contributed by atoms with Crippen molar-refractivity contribution in [3.8, 4) is 5.75 Å². The molecule has 168 valence electrons. The van der Waals surface area contributed by atoms with E-state index in [2.05, 4.69) is 10.4 Å². The Bertz CT molecular complexity index is 1180. The average molecular weight is 456 g/mol. The quantitative estimate of drug-likeness (QED) is 0.395. The third kappa shape index (κ3) is 5.05. The molecule has 32 heavy (non-hydrogen) atoms. The molecule has 3 rings (SSSR count). The van der Waals surface area contributed by atoms with E-state index in [1.165, 1.54) is 11.6 Å². The van der Waals surface area contributed by atoms with Gasteiger partial charge in [-0.2, -0.15) is 5.10 Å². The molecule has 1 N–H and O–H groups in total. The van der Waals surface area contributed by atoms with Gasteiger partial charge in [0, 0.05) is 6.20 Å². The second-order valence-corrected chi connectivity index (χ2v) is 8.29. The molecule has 9 heteroatoms. The molecule has 0 aliphatic carbocycles. The average Bonchev–Trinajstić information content (AvgIpc) is 3.32. The summed E-state index contributed by atoms with van der Waals surface area (Å²) in [5.74, 6) is -0.540. The number of esters is 1. The van der Waals surface area contributed by atoms with Crippen molar-refractivity contribution in [2.45, 2.75) is 41.3 Å². The number of ketones is 1. The monoisotopic (exact) mass is 455 g/mol. The fourth-order valence-corrected chi connectivity index (χ4v) is 4.29. The number of aromatic nitrogens is 2. The van der Waals surface area contributed by atoms with Crippen LogP contribution in [0.25, 0.3) is 0 Å². The van der Waals surface area contributed by atoms with E-state index in [1.54, 1.807) is 26.1 Å². The second kappa shape index (κ2) is 9.78. The van der Waals surface area contributed by atoms with Crippen molar-refractivity contribution in [2.24, 2.45) is 0 Å². The smallest absolute Gasteiger partial charge is 0.341 e. The largest absolute Gasteiger partial charge is 0.471 e. The number of Topliss-reactive ketones (excluding diaryl/α,β-unsaturated/α-hetero) is 1. The van der Waals surface area contributed by atoms with E-state index in [1.807, 2.05) is 32.0 Å². The zero-order valence-corrected chi connectivity index (χ0v) is 19.5. The number of nitrogens with one attached hydrogen (secondary N) is 1. The lowest BCUT2D eigenvalue weighted by atomic mass is 10.1. The first-order valence-electron chi connectivity index (χ1n) is 10.1. The van der Waals surface area contributed by atoms with Gasteiger partial charge in [0.05, 0.1) is 17.0 Å². The third-order valence-corrected chi connectivity index (χ3v) is 6.04. The number of nitrogens with zero attached hydrogens (tertiary/aromatic N) is 2. The van der Waals surface area contributed by atoms with Gasteiger partial charge in [-0.25, -0.2) is 9.48 Å². The topological polar surface area (TPSA) is 99.5 Å². The van der Waals surface area contributed by atoms with Crippen molar-refractivity contribution < 1.29 is 23.9 Å². The van der Waals surface area contributed by atoms with Gasteiger partial charge >= 0.3 is 5.97 Å². The first-order valence-corrected chi connectivity index (χ1v) is 10.9. The molecule has 0 unspecified atom stereocenters. The Morgan fingerprint density at radius 2 is 1.91 bits per heavy atom. The Hall–Kier alpha value is -3.46. The minimum absolute atomic E-state index is 0.137. The Kier molecular flexibility index (Phi) is 7.09. The first-order chi connectivity index (χ1) is 15.2. The van der Waals surface area contributed by atoms with Gasteiger partial charge in [-0.1, -0.05) is 17.7 Å². The summed E-state index contributed by atoms with van der Waals surface area (Å²) >= 11 is 1.05. The summed E-state index contributed by atoms with van der Waals surface area (Å²) in [6.07, 6.45) is 1.63. The van der Waals surface area contributed by atoms with Crippen molar-refractivity contribution in [1.82, 2.24) is 9.78 Å². The number of thiophene rings is 1. The van der Waals surface area contributed by atoms with Crippen LogP contribution in [0.4, 0.5) is 5.00 Å². The minimum Gasteiger partial charge on any atom is -0.471 e. The molecule has 8 nitrogen and oxygen atoms in total. The molecule has 3 aromatic rings. The van der Waals surface area contributed by atoms with E-state index in [0.29, 0.717) is 10.4 Å². The summed E-state index contributed by atoms with van der Waals surface area (Å²) in [6, 6.07) is 7.43. The molecule has 0 aliphatic rings. The van der Waals surface area contributed by atoms with Gasteiger partial charge in [-0.05, 0) is 57.9 Å². The van der Waals surface area contributed by atoms with E-state index in [4.69, 9.17) is 9.47 Å². The lowest BCUT2D eigenvalue weighted by Crippen LogP contribution is -2.16. The van der Waals surface area contributed by atoms with Crippen LogP contribution in [0.2, 0.25) is 0 Å². The maximum absolute atomic E-state index is 12.8. The normalized spacial score (nSPS) is 10.7. The van der Waals surface area contributed by atoms with Crippen LogP contribution < -0.4 is 10.1 Å². The molecule has 0 saturated heterocycles. The van der Waals surface area contributed by atoms with Crippen molar-refractivity contribution >= 4 is 34.0 Å². The lowest BCUT2D eigenvalue weighted by molar-refractivity contribution is 0.0527. The maximum Gasteiger partial charge on any atom is 0.341 e. The molecule has 0 spiro atoms. The summed E-state index contributed by atoms with van der Waals surface area (Å²) in [5, 5.41) is 7.20. The Balaban J connectivity index is 1.75. The van der Waals surface area contributed by atoms with Crippen LogP contribution in [0.1, 0.15) is 61.1 Å². The fraction of sp³-hybridized carbons (Fsp3) is 0.304. The standard InChI is InChI=1S/C23H25N3O5S/c1-6-30-23(29)19-15(4)20(16(5)27)32-22(19)24-21(28)17-9-10-26(25-17)12-31-18-8-7-13(2)11-14(18)3/h7-11H,6,12H2,1-5H3,(H,24,28). The second-order valence-electron chi connectivity index (χ2n) is 7.27. The van der Waals surface area contributed by atoms with E-state index in [0.717, 1.165) is 28.2 Å². The van der Waals surface area contributed by atoms with Gasteiger partial charge in [0.25, 0.3) is 5.91 Å². The van der Waals surface area contributed by atoms with Crippen molar-refractivity contribution in [2.75, 3.05) is 11.9 Å². The van der Waals surface area contributed by atoms with Gasteiger partial charge < -0.3 is 14.8 Å². The number of hydrogen-bond acceptors (Lipinski definition) is 7. The van der Waals surface area contributed by atoms with Crippen LogP contribution in [0.15, 0.2) is 30.5 Å². The predicted octanol–water partition coefficient (Wildman–Crippen LogP) is 4.54. The summed E-state index contributed by atoms with van der Waals surface area (Å²) < 4.78 is 12.4. The van der Waals surface area contributed by atoms with Crippen LogP contribution in [-0.4, -0.2) is 34.0 Å². The van der Waals surface area contributed by atoms with E-state index >= 15 is 0 Å². The molecular formula is C23H25N3O5S. The molecule has 0 radical (unpaired) electrons. The summed E-state index contributed by atoms with van der Waals surface area (Å²) in [5.41, 5.74) is 2.99. The molecule has 2 aromatic heterocycles. The van der Waals surface area contributed by atoms with E-state index < -0.39 is 11.9 Å². The highest BCUT2D eigenvalue weighted by molar-refractivity contribution is 7.18. The maximum atomic E-state index is 12.8. The van der Waals surface area contributed by atoms with Gasteiger partial charge in [0.15, 0.2) is 18.2 Å². The minimum atomic E-state index is -0.587. The highest BCUT2D eigenvalue weighted by atomic mass is 32.1. The van der Waals surface area contributed by atoms with Crippen molar-refractivity contribution in [1.29, 1.82) is 0 Å². The van der Waals surface area contributed by atoms with Gasteiger partial charge in [0.1, 0.15) is 10.8 Å². The summed E-state index contributed by atoms with van der Waals surface area (Å²) in [4.78, 5) is 37.5. The number of benzene rings is 1. The molecule has 1 aromatic carbocycles. The Labute approximate surface area is 190 Å². The van der Waals surface area contributed by atoms with Crippen molar-refractivity contribution in [3.63, 3.8) is 0 Å². The van der Waals surface area contributed by atoms with Gasteiger partial charge in [-0.3, -0.25) is 9.59 Å². The number of carbonyl (C=O) groups is 3. The zero-order valence-electron chi connectivity index (χ0n) is 18.6. The van der Waals surface area contributed by atoms with Crippen LogP contribution in [0.5, 0.6) is 5.75 Å². The molecule has 0 bridgehead atoms. The van der Waals surface area contributed by atoms with Crippen LogP contribution in [0, 0.1) is 20.8 Å². The third-order valence-electron chi connectivity index (χ3n) is 4.73. The Morgan fingerprint density at radius 3 is 2.56 bits per heavy atom. The molecular weight excluding hydrogens is 430 g/mol. The summed E-state index contributed by atoms with van der Waals surface area (Å²) in [6.45, 7) is 9.06. The number of ether oxygens (including phenoxy) is 2. The number of amides is 1. The lowest BCUT2D eigenvalue weighted by Gasteiger charge is -2.09. The van der Waals surface area contributed by atoms with Crippen molar-refractivity contribution in [3.05, 3.63) is 63.3 Å². The number of carbonyl (C=O) groups excluding carboxylic acids is 3. The van der Waals surface area contributed by atoms with Crippen LogP contribution in [0.3, 0.4) is 0 Å². The molecule has 1 amide bonds. The van der Waals surface area contributed by atoms with Gasteiger partial charge in [-0.15, -0.1) is 11.3 Å². The molecule has 2 heterocycles. The predicted molar refractivity (Wildman–Crippen MR) is 122 cm³/mol. The molecule has 0 aliphatic heterocycles. The van der Waals surface area contributed by atoms with E-state index in [9.17, 15) is 14.4 Å². The summed E-state index contributed by atoms with van der Waals surface area (Å²) in [7, 11) is 0.